The number of aliphatic imine (C=N–C) groups is 1. The van der Waals surface area contributed by atoms with Gasteiger partial charge in [-0.25, -0.2) is 0 Å². The molecule has 20 heavy (non-hydrogen) atoms. The zero-order chi connectivity index (χ0) is 14.3. The van der Waals surface area contributed by atoms with E-state index >= 15 is 0 Å². The van der Waals surface area contributed by atoms with Crippen molar-refractivity contribution in [3.8, 4) is 0 Å². The maximum absolute atomic E-state index is 5.19. The predicted octanol–water partition coefficient (Wildman–Crippen LogP) is 2.75. The molecule has 0 aliphatic rings. The lowest BCUT2D eigenvalue weighted by Gasteiger charge is -2.12. The van der Waals surface area contributed by atoms with Crippen molar-refractivity contribution in [2.45, 2.75) is 33.6 Å². The van der Waals surface area contributed by atoms with Crippen molar-refractivity contribution in [3.63, 3.8) is 0 Å². The van der Waals surface area contributed by atoms with Crippen LogP contribution in [0.25, 0.3) is 0 Å². The van der Waals surface area contributed by atoms with Gasteiger partial charge in [0.05, 0.1) is 5.69 Å². The first kappa shape index (κ1) is 18.9. The van der Waals surface area contributed by atoms with E-state index in [1.165, 1.54) is 0 Å². The second kappa shape index (κ2) is 9.79. The molecule has 1 heterocycles. The number of nitrogens with zero attached hydrogens (tertiary/aromatic N) is 2. The molecule has 1 aromatic rings. The third-order valence-electron chi connectivity index (χ3n) is 2.86. The molecule has 2 N–H and O–H groups in total. The number of aromatic nitrogens is 1. The average Bonchev–Trinajstić information content (AvgIpc) is 2.72. The summed E-state index contributed by atoms with van der Waals surface area (Å²) in [6.07, 6.45) is 1.81. The van der Waals surface area contributed by atoms with Crippen molar-refractivity contribution in [2.24, 2.45) is 4.99 Å². The molecule has 0 bridgehead atoms. The minimum absolute atomic E-state index is 0. The highest BCUT2D eigenvalue weighted by Crippen LogP contribution is 2.22. The summed E-state index contributed by atoms with van der Waals surface area (Å²) in [5.41, 5.74) is 2.10. The largest absolute Gasteiger partial charge is 0.361 e. The summed E-state index contributed by atoms with van der Waals surface area (Å²) in [7, 11) is 0. The summed E-state index contributed by atoms with van der Waals surface area (Å²) in [6, 6.07) is 0. The van der Waals surface area contributed by atoms with Gasteiger partial charge in [-0.1, -0.05) is 18.2 Å². The minimum atomic E-state index is 0. The van der Waals surface area contributed by atoms with Crippen molar-refractivity contribution in [3.05, 3.63) is 29.7 Å². The Morgan fingerprint density at radius 1 is 1.45 bits per heavy atom. The molecule has 0 aliphatic carbocycles. The van der Waals surface area contributed by atoms with E-state index in [0.29, 0.717) is 13.1 Å². The van der Waals surface area contributed by atoms with Gasteiger partial charge in [-0.15, -0.1) is 30.6 Å². The Labute approximate surface area is 138 Å². The van der Waals surface area contributed by atoms with E-state index in [2.05, 4.69) is 34.3 Å². The van der Waals surface area contributed by atoms with Crippen LogP contribution < -0.4 is 10.6 Å². The van der Waals surface area contributed by atoms with Crippen LogP contribution in [0, 0.1) is 13.8 Å². The highest BCUT2D eigenvalue weighted by molar-refractivity contribution is 14.0. The van der Waals surface area contributed by atoms with Crippen LogP contribution in [0.5, 0.6) is 0 Å². The molecule has 1 rings (SSSR count). The standard InChI is InChI=1S/C14H24N4O.HI/c1-6-8-16-14(15-7-2)17-9-10(3)13-11(4)18-19-12(13)5;/h6,10H,1,7-9H2,2-5H3,(H2,15,16,17);1H. The topological polar surface area (TPSA) is 62.5 Å². The van der Waals surface area contributed by atoms with Gasteiger partial charge in [-0.05, 0) is 20.8 Å². The van der Waals surface area contributed by atoms with E-state index in [1.807, 2.05) is 26.8 Å². The van der Waals surface area contributed by atoms with E-state index in [9.17, 15) is 0 Å². The quantitative estimate of drug-likeness (QED) is 0.338. The van der Waals surface area contributed by atoms with Crippen LogP contribution in [0.15, 0.2) is 22.2 Å². The lowest BCUT2D eigenvalue weighted by molar-refractivity contribution is 0.391. The molecule has 0 amide bonds. The molecule has 0 spiro atoms. The van der Waals surface area contributed by atoms with E-state index in [4.69, 9.17) is 4.52 Å². The summed E-state index contributed by atoms with van der Waals surface area (Å²) in [5.74, 6) is 1.97. The fourth-order valence-corrected chi connectivity index (χ4v) is 2.02. The Bertz CT molecular complexity index is 423. The number of hydrogen-bond donors (Lipinski definition) is 2. The second-order valence-electron chi connectivity index (χ2n) is 4.53. The average molecular weight is 392 g/mol. The smallest absolute Gasteiger partial charge is 0.191 e. The third kappa shape index (κ3) is 5.52. The van der Waals surface area contributed by atoms with Crippen molar-refractivity contribution in [1.82, 2.24) is 15.8 Å². The molecule has 0 saturated carbocycles. The molecule has 5 nitrogen and oxygen atoms in total. The summed E-state index contributed by atoms with van der Waals surface area (Å²) >= 11 is 0. The van der Waals surface area contributed by atoms with Crippen LogP contribution in [0.2, 0.25) is 0 Å². The number of aryl methyl sites for hydroxylation is 2. The summed E-state index contributed by atoms with van der Waals surface area (Å²) in [6.45, 7) is 14.0. The lowest BCUT2D eigenvalue weighted by Crippen LogP contribution is -2.37. The molecule has 0 fully saturated rings. The Kier molecular flexibility index (Phi) is 9.28. The molecular weight excluding hydrogens is 367 g/mol. The molecule has 1 atom stereocenters. The number of guanidine groups is 1. The van der Waals surface area contributed by atoms with Gasteiger partial charge in [-0.3, -0.25) is 4.99 Å². The molecule has 0 aliphatic heterocycles. The molecular formula is C14H25IN4O. The van der Waals surface area contributed by atoms with Crippen molar-refractivity contribution in [1.29, 1.82) is 0 Å². The van der Waals surface area contributed by atoms with Gasteiger partial charge in [0.15, 0.2) is 5.96 Å². The molecule has 6 heteroatoms. The zero-order valence-corrected chi connectivity index (χ0v) is 15.0. The fourth-order valence-electron chi connectivity index (χ4n) is 2.02. The zero-order valence-electron chi connectivity index (χ0n) is 12.7. The Morgan fingerprint density at radius 2 is 2.15 bits per heavy atom. The van der Waals surface area contributed by atoms with Gasteiger partial charge in [-0.2, -0.15) is 0 Å². The van der Waals surface area contributed by atoms with E-state index in [0.717, 1.165) is 29.5 Å². The molecule has 1 aromatic heterocycles. The van der Waals surface area contributed by atoms with E-state index in [1.54, 1.807) is 0 Å². The predicted molar refractivity (Wildman–Crippen MR) is 94.0 cm³/mol. The first-order valence-electron chi connectivity index (χ1n) is 6.66. The van der Waals surface area contributed by atoms with Gasteiger partial charge < -0.3 is 15.2 Å². The summed E-state index contributed by atoms with van der Waals surface area (Å²) < 4.78 is 5.19. The van der Waals surface area contributed by atoms with Gasteiger partial charge in [0.25, 0.3) is 0 Å². The van der Waals surface area contributed by atoms with Crippen molar-refractivity contribution in [2.75, 3.05) is 19.6 Å². The number of halogens is 1. The summed E-state index contributed by atoms with van der Waals surface area (Å²) in [5, 5.41) is 10.4. The molecule has 0 saturated heterocycles. The Balaban J connectivity index is 0.00000361. The van der Waals surface area contributed by atoms with Crippen molar-refractivity contribution < 1.29 is 4.52 Å². The van der Waals surface area contributed by atoms with Crippen LogP contribution in [0.4, 0.5) is 0 Å². The van der Waals surface area contributed by atoms with Gasteiger partial charge in [0.2, 0.25) is 0 Å². The molecule has 114 valence electrons. The first-order valence-corrected chi connectivity index (χ1v) is 6.66. The van der Waals surface area contributed by atoms with Crippen LogP contribution in [-0.4, -0.2) is 30.8 Å². The Hall–Kier alpha value is -1.05. The normalized spacial score (nSPS) is 12.5. The van der Waals surface area contributed by atoms with Crippen LogP contribution in [0.3, 0.4) is 0 Å². The number of nitrogens with one attached hydrogen (secondary N) is 2. The highest BCUT2D eigenvalue weighted by Gasteiger charge is 2.16. The maximum Gasteiger partial charge on any atom is 0.191 e. The van der Waals surface area contributed by atoms with E-state index in [-0.39, 0.29) is 29.9 Å². The molecule has 0 aromatic carbocycles. The van der Waals surface area contributed by atoms with Crippen LogP contribution in [0.1, 0.15) is 36.8 Å². The van der Waals surface area contributed by atoms with Gasteiger partial charge >= 0.3 is 0 Å². The molecule has 1 unspecified atom stereocenters. The third-order valence-corrected chi connectivity index (χ3v) is 2.86. The van der Waals surface area contributed by atoms with Gasteiger partial charge in [0.1, 0.15) is 5.76 Å². The number of rotatable bonds is 6. The van der Waals surface area contributed by atoms with E-state index < -0.39 is 0 Å². The maximum atomic E-state index is 5.19. The van der Waals surface area contributed by atoms with Crippen LogP contribution >= 0.6 is 24.0 Å². The second-order valence-corrected chi connectivity index (χ2v) is 4.53. The first-order chi connectivity index (χ1) is 9.10. The van der Waals surface area contributed by atoms with Gasteiger partial charge in [0, 0.05) is 31.1 Å². The monoisotopic (exact) mass is 392 g/mol. The Morgan fingerprint density at radius 3 is 2.65 bits per heavy atom. The molecule has 0 radical (unpaired) electrons. The number of hydrogen-bond acceptors (Lipinski definition) is 3. The highest BCUT2D eigenvalue weighted by atomic mass is 127. The minimum Gasteiger partial charge on any atom is -0.361 e. The summed E-state index contributed by atoms with van der Waals surface area (Å²) in [4.78, 5) is 4.57. The van der Waals surface area contributed by atoms with Crippen LogP contribution in [-0.2, 0) is 0 Å². The van der Waals surface area contributed by atoms with Crippen molar-refractivity contribution >= 4 is 29.9 Å². The lowest BCUT2D eigenvalue weighted by atomic mass is 10.00. The fraction of sp³-hybridized carbons (Fsp3) is 0.571. The SMILES string of the molecule is C=CCNC(=NCC(C)c1c(C)noc1C)NCC.I.